The lowest BCUT2D eigenvalue weighted by atomic mass is 10.0. The van der Waals surface area contributed by atoms with Gasteiger partial charge in [-0.05, 0) is 52.3 Å². The smallest absolute Gasteiger partial charge is 0.341 e. The molecule has 0 aliphatic carbocycles. The third-order valence-electron chi connectivity index (χ3n) is 5.15. The van der Waals surface area contributed by atoms with E-state index in [-0.39, 0.29) is 12.5 Å². The number of carbonyl (C=O) groups is 2. The second-order valence-electron chi connectivity index (χ2n) is 8.66. The fraction of sp³-hybridized carbons (Fsp3) is 0.360. The lowest BCUT2D eigenvalue weighted by Crippen LogP contribution is -2.46. The molecule has 0 spiro atoms. The maximum atomic E-state index is 13.0. The molecule has 0 atom stereocenters. The zero-order valence-electron chi connectivity index (χ0n) is 19.6. The molecular formula is C25H29N3O4S. The molecule has 1 aromatic carbocycles. The van der Waals surface area contributed by atoms with E-state index < -0.39 is 11.5 Å². The van der Waals surface area contributed by atoms with Crippen LogP contribution < -0.4 is 0 Å². The summed E-state index contributed by atoms with van der Waals surface area (Å²) in [6.07, 6.45) is 1.62. The molecular weight excluding hydrogens is 438 g/mol. The van der Waals surface area contributed by atoms with Gasteiger partial charge in [0.25, 0.3) is 5.91 Å². The Labute approximate surface area is 198 Å². The largest absolute Gasteiger partial charge is 0.452 e. The van der Waals surface area contributed by atoms with E-state index in [4.69, 9.17) is 9.26 Å². The Morgan fingerprint density at radius 1 is 1.09 bits per heavy atom. The summed E-state index contributed by atoms with van der Waals surface area (Å²) in [4.78, 5) is 31.8. The Bertz CT molecular complexity index is 1090. The first-order chi connectivity index (χ1) is 15.7. The molecule has 3 rings (SSSR count). The van der Waals surface area contributed by atoms with Gasteiger partial charge < -0.3 is 14.2 Å². The third-order valence-corrected chi connectivity index (χ3v) is 6.18. The zero-order valence-corrected chi connectivity index (χ0v) is 20.4. The molecule has 0 fully saturated rings. The highest BCUT2D eigenvalue weighted by Gasteiger charge is 2.28. The number of hydrogen-bond acceptors (Lipinski definition) is 7. The summed E-state index contributed by atoms with van der Waals surface area (Å²) in [5, 5.41) is 4.49. The van der Waals surface area contributed by atoms with Crippen molar-refractivity contribution in [2.24, 2.45) is 0 Å². The minimum atomic E-state index is -0.578. The summed E-state index contributed by atoms with van der Waals surface area (Å²) >= 11 is 1.40. The van der Waals surface area contributed by atoms with Crippen molar-refractivity contribution in [3.63, 3.8) is 0 Å². The van der Waals surface area contributed by atoms with Crippen LogP contribution in [-0.2, 0) is 21.8 Å². The lowest BCUT2D eigenvalue weighted by molar-refractivity contribution is -0.140. The number of aryl methyl sites for hydroxylation is 2. The van der Waals surface area contributed by atoms with E-state index >= 15 is 0 Å². The van der Waals surface area contributed by atoms with E-state index in [2.05, 4.69) is 10.1 Å². The summed E-state index contributed by atoms with van der Waals surface area (Å²) < 4.78 is 10.6. The van der Waals surface area contributed by atoms with Gasteiger partial charge in [-0.1, -0.05) is 35.5 Å². The first-order valence-electron chi connectivity index (χ1n) is 10.7. The fourth-order valence-electron chi connectivity index (χ4n) is 3.26. The maximum absolute atomic E-state index is 13.0. The van der Waals surface area contributed by atoms with Gasteiger partial charge in [-0.25, -0.2) is 9.78 Å². The molecule has 33 heavy (non-hydrogen) atoms. The van der Waals surface area contributed by atoms with Crippen LogP contribution in [0.25, 0.3) is 0 Å². The molecule has 0 radical (unpaired) electrons. The molecule has 174 valence electrons. The minimum Gasteiger partial charge on any atom is -0.452 e. The lowest BCUT2D eigenvalue weighted by Gasteiger charge is -2.35. The molecule has 0 unspecified atom stereocenters. The number of amides is 1. The highest BCUT2D eigenvalue weighted by atomic mass is 32.2. The van der Waals surface area contributed by atoms with Crippen molar-refractivity contribution in [2.45, 2.75) is 57.5 Å². The molecule has 3 aromatic rings. The van der Waals surface area contributed by atoms with E-state index in [9.17, 15) is 9.59 Å². The van der Waals surface area contributed by atoms with Crippen LogP contribution in [0.15, 0.2) is 58.2 Å². The van der Waals surface area contributed by atoms with Crippen molar-refractivity contribution in [1.29, 1.82) is 0 Å². The number of hydrogen-bond donors (Lipinski definition) is 0. The molecule has 0 saturated carbocycles. The topological polar surface area (TPSA) is 85.5 Å². The minimum absolute atomic E-state index is 0.256. The van der Waals surface area contributed by atoms with Gasteiger partial charge in [-0.15, -0.1) is 11.8 Å². The summed E-state index contributed by atoms with van der Waals surface area (Å²) in [5.41, 5.74) is 2.70. The fourth-order valence-corrected chi connectivity index (χ4v) is 4.39. The Morgan fingerprint density at radius 2 is 1.82 bits per heavy atom. The van der Waals surface area contributed by atoms with E-state index in [1.807, 2.05) is 65.0 Å². The predicted octanol–water partition coefficient (Wildman–Crippen LogP) is 4.96. The average Bonchev–Trinajstić information content (AvgIpc) is 3.11. The monoisotopic (exact) mass is 467 g/mol. The number of esters is 1. The van der Waals surface area contributed by atoms with E-state index in [0.717, 1.165) is 22.6 Å². The molecule has 2 heterocycles. The van der Waals surface area contributed by atoms with Crippen molar-refractivity contribution in [2.75, 3.05) is 6.61 Å². The number of pyridine rings is 1. The highest BCUT2D eigenvalue weighted by molar-refractivity contribution is 7.98. The number of benzene rings is 1. The van der Waals surface area contributed by atoms with Gasteiger partial charge in [0.1, 0.15) is 10.8 Å². The van der Waals surface area contributed by atoms with Crippen LogP contribution in [0.4, 0.5) is 0 Å². The molecule has 8 heteroatoms. The van der Waals surface area contributed by atoms with Gasteiger partial charge in [0.2, 0.25) is 0 Å². The Balaban J connectivity index is 1.66. The molecule has 2 aromatic heterocycles. The molecule has 0 aliphatic rings. The van der Waals surface area contributed by atoms with Crippen LogP contribution in [0.2, 0.25) is 0 Å². The number of carbonyl (C=O) groups excluding carboxylic acids is 2. The van der Waals surface area contributed by atoms with Crippen LogP contribution in [0.1, 0.15) is 53.7 Å². The quantitative estimate of drug-likeness (QED) is 0.342. The second-order valence-corrected chi connectivity index (χ2v) is 9.62. The van der Waals surface area contributed by atoms with Crippen molar-refractivity contribution in [3.05, 3.63) is 76.8 Å². The first-order valence-corrected chi connectivity index (χ1v) is 11.7. The van der Waals surface area contributed by atoms with Gasteiger partial charge in [-0.3, -0.25) is 4.79 Å². The summed E-state index contributed by atoms with van der Waals surface area (Å²) in [6, 6.07) is 13.1. The number of nitrogens with zero attached hydrogens (tertiary/aromatic N) is 3. The molecule has 7 nitrogen and oxygen atoms in total. The van der Waals surface area contributed by atoms with Crippen LogP contribution in [0.3, 0.4) is 0 Å². The van der Waals surface area contributed by atoms with Crippen LogP contribution in [0.5, 0.6) is 0 Å². The molecule has 0 aliphatic heterocycles. The summed E-state index contributed by atoms with van der Waals surface area (Å²) in [6.45, 7) is 9.70. The third kappa shape index (κ3) is 6.44. The Morgan fingerprint density at radius 3 is 2.45 bits per heavy atom. The number of ether oxygens (including phenoxy) is 1. The maximum Gasteiger partial charge on any atom is 0.341 e. The highest BCUT2D eigenvalue weighted by Crippen LogP contribution is 2.27. The van der Waals surface area contributed by atoms with E-state index in [1.54, 1.807) is 23.2 Å². The van der Waals surface area contributed by atoms with Gasteiger partial charge in [0, 0.05) is 29.6 Å². The van der Waals surface area contributed by atoms with E-state index in [1.165, 1.54) is 11.8 Å². The number of thioether (sulfide) groups is 1. The van der Waals surface area contributed by atoms with Crippen molar-refractivity contribution in [3.8, 4) is 0 Å². The van der Waals surface area contributed by atoms with Crippen molar-refractivity contribution < 1.29 is 18.8 Å². The average molecular weight is 468 g/mol. The molecule has 0 bridgehead atoms. The second kappa shape index (κ2) is 10.7. The first kappa shape index (κ1) is 24.5. The van der Waals surface area contributed by atoms with Crippen LogP contribution in [0, 0.1) is 13.8 Å². The molecule has 0 saturated heterocycles. The molecule has 1 amide bonds. The van der Waals surface area contributed by atoms with Gasteiger partial charge in [0.05, 0.1) is 11.3 Å². The van der Waals surface area contributed by atoms with Crippen molar-refractivity contribution >= 4 is 23.6 Å². The van der Waals surface area contributed by atoms with Gasteiger partial charge >= 0.3 is 5.97 Å². The van der Waals surface area contributed by atoms with Crippen molar-refractivity contribution in [1.82, 2.24) is 15.0 Å². The molecule has 0 N–H and O–H groups in total. The van der Waals surface area contributed by atoms with Gasteiger partial charge in [0.15, 0.2) is 6.61 Å². The Hall–Kier alpha value is -3.13. The SMILES string of the molecule is Cc1noc(C)c1CSc1ncccc1C(=O)OCC(=O)N(Cc1ccccc1)C(C)(C)C. The van der Waals surface area contributed by atoms with E-state index in [0.29, 0.717) is 22.9 Å². The van der Waals surface area contributed by atoms with Crippen LogP contribution >= 0.6 is 11.8 Å². The normalized spacial score (nSPS) is 11.3. The zero-order chi connectivity index (χ0) is 24.0. The van der Waals surface area contributed by atoms with Gasteiger partial charge in [-0.2, -0.15) is 0 Å². The number of aromatic nitrogens is 2. The summed E-state index contributed by atoms with van der Waals surface area (Å²) in [7, 11) is 0. The van der Waals surface area contributed by atoms with Crippen LogP contribution in [-0.4, -0.2) is 39.1 Å². The summed E-state index contributed by atoms with van der Waals surface area (Å²) in [5.74, 6) is 0.470. The Kier molecular flexibility index (Phi) is 7.92. The standard InChI is InChI=1S/C25H29N3O4S/c1-17-21(18(2)32-27-17)16-33-23-20(12-9-13-26-23)24(30)31-15-22(29)28(25(3,4)5)14-19-10-7-6-8-11-19/h6-13H,14-16H2,1-5H3. The predicted molar refractivity (Wildman–Crippen MR) is 127 cm³/mol. The number of rotatable bonds is 8.